The zero-order valence-corrected chi connectivity index (χ0v) is 21.9. The summed E-state index contributed by atoms with van der Waals surface area (Å²) in [5, 5.41) is 11.6. The average Bonchev–Trinajstić information content (AvgIpc) is 3.46. The molecule has 6 rings (SSSR count). The Balaban J connectivity index is 1.41. The van der Waals surface area contributed by atoms with Crippen LogP contribution < -0.4 is 5.11 Å². The van der Waals surface area contributed by atoms with Gasteiger partial charge in [-0.3, -0.25) is 0 Å². The summed E-state index contributed by atoms with van der Waals surface area (Å²) >= 11 is 0. The molecule has 0 saturated heterocycles. The third-order valence-electron chi connectivity index (χ3n) is 7.29. The van der Waals surface area contributed by atoms with Gasteiger partial charge in [0.05, 0.1) is 28.0 Å². The Bertz CT molecular complexity index is 1880. The predicted octanol–water partition coefficient (Wildman–Crippen LogP) is 5.68. The summed E-state index contributed by atoms with van der Waals surface area (Å²) < 4.78 is 18.0. The van der Waals surface area contributed by atoms with E-state index in [4.69, 9.17) is 9.97 Å². The first-order valence-electron chi connectivity index (χ1n) is 12.9. The average molecular weight is 518 g/mol. The molecule has 4 aromatic carbocycles. The molecular weight excluding hydrogens is 491 g/mol. The van der Waals surface area contributed by atoms with Crippen LogP contribution in [-0.4, -0.2) is 25.1 Å². The van der Waals surface area contributed by atoms with Gasteiger partial charge in [-0.15, -0.1) is 0 Å². The SMILES string of the molecule is CCc1nc2c(C)cc(-c3nc4cc(F)ccc4n3C)cc2n1Cc1ccc(-c2ccccc2C(=O)[O-])cc1. The topological polar surface area (TPSA) is 75.8 Å². The standard InChI is InChI=1S/C32H27FN4O2/c1-4-29-35-30-19(2)15-22(31-34-26-17-23(33)13-14-27(26)36(31)3)16-28(30)37(29)18-20-9-11-21(12-10-20)24-7-5-6-8-25(24)32(38)39/h5-17H,4,18H2,1-3H3,(H,38,39)/p-1. The van der Waals surface area contributed by atoms with E-state index in [2.05, 4.69) is 30.5 Å². The highest BCUT2D eigenvalue weighted by Crippen LogP contribution is 2.31. The Morgan fingerprint density at radius 2 is 1.69 bits per heavy atom. The number of carboxylic acid groups (broad SMARTS) is 1. The monoisotopic (exact) mass is 517 g/mol. The van der Waals surface area contributed by atoms with Crippen molar-refractivity contribution in [3.8, 4) is 22.5 Å². The maximum atomic E-state index is 13.8. The second-order valence-electron chi connectivity index (χ2n) is 9.79. The predicted molar refractivity (Wildman–Crippen MR) is 149 cm³/mol. The molecule has 0 bridgehead atoms. The zero-order chi connectivity index (χ0) is 27.3. The van der Waals surface area contributed by atoms with Crippen LogP contribution in [0.4, 0.5) is 4.39 Å². The molecule has 2 aromatic heterocycles. The minimum Gasteiger partial charge on any atom is -0.545 e. The first-order valence-corrected chi connectivity index (χ1v) is 12.9. The van der Waals surface area contributed by atoms with Gasteiger partial charge in [-0.05, 0) is 53.4 Å². The number of hydrogen-bond acceptors (Lipinski definition) is 4. The first kappa shape index (κ1) is 24.6. The summed E-state index contributed by atoms with van der Waals surface area (Å²) in [6.45, 7) is 4.75. The molecule has 0 saturated carbocycles. The van der Waals surface area contributed by atoms with E-state index in [0.29, 0.717) is 17.6 Å². The maximum absolute atomic E-state index is 13.8. The number of rotatable bonds is 6. The van der Waals surface area contributed by atoms with Gasteiger partial charge in [0, 0.05) is 37.2 Å². The smallest absolute Gasteiger partial charge is 0.140 e. The summed E-state index contributed by atoms with van der Waals surface area (Å²) in [6, 6.07) is 23.6. The number of aryl methyl sites for hydroxylation is 3. The maximum Gasteiger partial charge on any atom is 0.140 e. The van der Waals surface area contributed by atoms with Crippen LogP contribution in [-0.2, 0) is 20.0 Å². The van der Waals surface area contributed by atoms with Crippen LogP contribution in [0.3, 0.4) is 0 Å². The fourth-order valence-electron chi connectivity index (χ4n) is 5.33. The lowest BCUT2D eigenvalue weighted by Crippen LogP contribution is -2.22. The number of imidazole rings is 2. The van der Waals surface area contributed by atoms with Crippen LogP contribution in [0.2, 0.25) is 0 Å². The van der Waals surface area contributed by atoms with E-state index in [1.54, 1.807) is 24.3 Å². The fourth-order valence-corrected chi connectivity index (χ4v) is 5.33. The van der Waals surface area contributed by atoms with Crippen molar-refractivity contribution in [3.05, 3.63) is 107 Å². The normalized spacial score (nSPS) is 11.5. The Morgan fingerprint density at radius 3 is 2.44 bits per heavy atom. The number of carbonyl (C=O) groups is 1. The van der Waals surface area contributed by atoms with E-state index in [9.17, 15) is 14.3 Å². The van der Waals surface area contributed by atoms with E-state index < -0.39 is 5.97 Å². The molecule has 0 atom stereocenters. The molecule has 0 radical (unpaired) electrons. The third-order valence-corrected chi connectivity index (χ3v) is 7.29. The molecule has 0 fully saturated rings. The van der Waals surface area contributed by atoms with E-state index >= 15 is 0 Å². The molecule has 39 heavy (non-hydrogen) atoms. The molecule has 0 unspecified atom stereocenters. The van der Waals surface area contributed by atoms with Gasteiger partial charge in [0.25, 0.3) is 0 Å². The molecule has 7 heteroatoms. The molecule has 0 amide bonds. The zero-order valence-electron chi connectivity index (χ0n) is 21.9. The second-order valence-corrected chi connectivity index (χ2v) is 9.79. The van der Waals surface area contributed by atoms with Crippen molar-refractivity contribution >= 4 is 28.0 Å². The minimum absolute atomic E-state index is 0.173. The van der Waals surface area contributed by atoms with Crippen LogP contribution in [0.1, 0.15) is 34.2 Å². The van der Waals surface area contributed by atoms with Crippen molar-refractivity contribution in [1.82, 2.24) is 19.1 Å². The Morgan fingerprint density at radius 1 is 0.923 bits per heavy atom. The molecule has 0 aliphatic carbocycles. The van der Waals surface area contributed by atoms with E-state index in [1.165, 1.54) is 12.1 Å². The van der Waals surface area contributed by atoms with Crippen LogP contribution in [0.15, 0.2) is 78.9 Å². The number of fused-ring (bicyclic) bond motifs is 2. The van der Waals surface area contributed by atoms with Gasteiger partial charge in [-0.25, -0.2) is 14.4 Å². The van der Waals surface area contributed by atoms with E-state index in [1.807, 2.05) is 41.9 Å². The summed E-state index contributed by atoms with van der Waals surface area (Å²) in [5.41, 5.74) is 8.12. The highest BCUT2D eigenvalue weighted by molar-refractivity contribution is 5.94. The lowest BCUT2D eigenvalue weighted by molar-refractivity contribution is -0.254. The van der Waals surface area contributed by atoms with E-state index in [-0.39, 0.29) is 11.4 Å². The summed E-state index contributed by atoms with van der Waals surface area (Å²) in [6.07, 6.45) is 0.770. The molecule has 6 aromatic rings. The Labute approximate surface area is 225 Å². The number of carbonyl (C=O) groups excluding carboxylic acids is 1. The molecule has 0 spiro atoms. The quantitative estimate of drug-likeness (QED) is 0.285. The molecule has 0 aliphatic heterocycles. The number of hydrogen-bond donors (Lipinski definition) is 0. The largest absolute Gasteiger partial charge is 0.545 e. The van der Waals surface area contributed by atoms with Crippen molar-refractivity contribution < 1.29 is 14.3 Å². The second kappa shape index (κ2) is 9.51. The summed E-state index contributed by atoms with van der Waals surface area (Å²) in [4.78, 5) is 21.3. The number of aromatic carboxylic acids is 1. The summed E-state index contributed by atoms with van der Waals surface area (Å²) in [7, 11) is 1.94. The summed E-state index contributed by atoms with van der Waals surface area (Å²) in [5.74, 6) is 0.244. The van der Waals surface area contributed by atoms with E-state index in [0.717, 1.165) is 56.9 Å². The van der Waals surface area contributed by atoms with Crippen molar-refractivity contribution in [2.75, 3.05) is 0 Å². The molecule has 194 valence electrons. The molecule has 0 N–H and O–H groups in total. The van der Waals surface area contributed by atoms with Crippen LogP contribution >= 0.6 is 0 Å². The van der Waals surface area contributed by atoms with Gasteiger partial charge in [0.15, 0.2) is 0 Å². The lowest BCUT2D eigenvalue weighted by Gasteiger charge is -2.13. The van der Waals surface area contributed by atoms with Gasteiger partial charge >= 0.3 is 0 Å². The van der Waals surface area contributed by atoms with Crippen LogP contribution in [0.25, 0.3) is 44.6 Å². The number of aromatic nitrogens is 4. The van der Waals surface area contributed by atoms with Gasteiger partial charge in [0.1, 0.15) is 17.5 Å². The van der Waals surface area contributed by atoms with Crippen molar-refractivity contribution in [2.45, 2.75) is 26.8 Å². The molecular formula is C32H26FN4O2-. The highest BCUT2D eigenvalue weighted by Gasteiger charge is 2.17. The van der Waals surface area contributed by atoms with Gasteiger partial charge < -0.3 is 19.0 Å². The molecule has 0 aliphatic rings. The van der Waals surface area contributed by atoms with Crippen LogP contribution in [0.5, 0.6) is 0 Å². The highest BCUT2D eigenvalue weighted by atomic mass is 19.1. The lowest BCUT2D eigenvalue weighted by atomic mass is 9.98. The number of benzene rings is 4. The van der Waals surface area contributed by atoms with Crippen molar-refractivity contribution in [1.29, 1.82) is 0 Å². The van der Waals surface area contributed by atoms with Crippen LogP contribution in [0, 0.1) is 12.7 Å². The molecule has 2 heterocycles. The number of halogens is 1. The third kappa shape index (κ3) is 4.26. The van der Waals surface area contributed by atoms with Gasteiger partial charge in [0.2, 0.25) is 0 Å². The number of carboxylic acids is 1. The fraction of sp³-hybridized carbons (Fsp3) is 0.156. The van der Waals surface area contributed by atoms with Crippen molar-refractivity contribution in [3.63, 3.8) is 0 Å². The Hall–Kier alpha value is -4.78. The minimum atomic E-state index is -1.19. The molecule has 6 nitrogen and oxygen atoms in total. The first-order chi connectivity index (χ1) is 18.8. The van der Waals surface area contributed by atoms with Gasteiger partial charge in [-0.1, -0.05) is 55.5 Å². The number of nitrogens with zero attached hydrogens (tertiary/aromatic N) is 4. The Kier molecular flexibility index (Phi) is 5.99. The van der Waals surface area contributed by atoms with Gasteiger partial charge in [-0.2, -0.15) is 0 Å². The van der Waals surface area contributed by atoms with Crippen molar-refractivity contribution in [2.24, 2.45) is 7.05 Å².